The van der Waals surface area contributed by atoms with Crippen LogP contribution in [0.3, 0.4) is 0 Å². The molecule has 0 spiro atoms. The molecule has 0 saturated heterocycles. The normalized spacial score (nSPS) is 24.6. The van der Waals surface area contributed by atoms with Crippen LogP contribution < -0.4 is 5.32 Å². The largest absolute Gasteiger partial charge is 0.353 e. The van der Waals surface area contributed by atoms with Gasteiger partial charge in [-0.05, 0) is 24.3 Å². The maximum absolute atomic E-state index is 11.3. The predicted molar refractivity (Wildman–Crippen MR) is 58.5 cm³/mol. The highest BCUT2D eigenvalue weighted by atomic mass is 32.1. The van der Waals surface area contributed by atoms with Gasteiger partial charge in [0.05, 0.1) is 0 Å². The minimum atomic E-state index is 0.205. The van der Waals surface area contributed by atoms with Crippen LogP contribution in [0.1, 0.15) is 37.0 Å². The molecule has 14 heavy (non-hydrogen) atoms. The summed E-state index contributed by atoms with van der Waals surface area (Å²) in [6, 6.07) is 4.64. The van der Waals surface area contributed by atoms with Crippen molar-refractivity contribution in [1.82, 2.24) is 5.32 Å². The van der Waals surface area contributed by atoms with Crippen molar-refractivity contribution in [2.24, 2.45) is 0 Å². The van der Waals surface area contributed by atoms with Gasteiger partial charge in [0.1, 0.15) is 0 Å². The van der Waals surface area contributed by atoms with Crippen LogP contribution in [0.4, 0.5) is 0 Å². The Labute approximate surface area is 88.3 Å². The molecule has 3 heteroatoms. The molecule has 76 valence electrons. The van der Waals surface area contributed by atoms with Crippen LogP contribution >= 0.6 is 11.3 Å². The molecule has 2 unspecified atom stereocenters. The van der Waals surface area contributed by atoms with Crippen LogP contribution in [0, 0.1) is 0 Å². The molecule has 1 N–H and O–H groups in total. The highest BCUT2D eigenvalue weighted by Crippen LogP contribution is 2.42. The lowest BCUT2D eigenvalue weighted by molar-refractivity contribution is -0.121. The van der Waals surface area contributed by atoms with Crippen LogP contribution in [0.5, 0.6) is 0 Å². The van der Waals surface area contributed by atoms with E-state index in [4.69, 9.17) is 0 Å². The zero-order chi connectivity index (χ0) is 9.97. The summed E-state index contributed by atoms with van der Waals surface area (Å²) in [5, 5.41) is 5.16. The van der Waals surface area contributed by atoms with E-state index in [1.54, 1.807) is 11.3 Å². The molecule has 2 rings (SSSR count). The van der Waals surface area contributed by atoms with Gasteiger partial charge in [-0.2, -0.15) is 0 Å². The maximum atomic E-state index is 11.3. The molecule has 1 amide bonds. The quantitative estimate of drug-likeness (QED) is 0.811. The summed E-state index contributed by atoms with van der Waals surface area (Å²) >= 11 is 1.79. The number of rotatable bonds is 4. The van der Waals surface area contributed by atoms with Gasteiger partial charge in [0, 0.05) is 23.3 Å². The summed E-state index contributed by atoms with van der Waals surface area (Å²) in [5.74, 6) is 0.798. The van der Waals surface area contributed by atoms with Crippen molar-refractivity contribution in [2.45, 2.75) is 38.1 Å². The Morgan fingerprint density at radius 2 is 2.57 bits per heavy atom. The standard InChI is InChI=1S/C11H15NOS/c1-2-4-11(13)12-9-7-8(9)10-5-3-6-14-10/h3,5-6,8-9H,2,4,7H2,1H3,(H,12,13). The molecule has 1 fully saturated rings. The van der Waals surface area contributed by atoms with Crippen LogP contribution in [-0.4, -0.2) is 11.9 Å². The van der Waals surface area contributed by atoms with Gasteiger partial charge in [0.15, 0.2) is 0 Å². The number of hydrogen-bond acceptors (Lipinski definition) is 2. The van der Waals surface area contributed by atoms with Gasteiger partial charge < -0.3 is 5.32 Å². The topological polar surface area (TPSA) is 29.1 Å². The average molecular weight is 209 g/mol. The minimum absolute atomic E-state index is 0.205. The highest BCUT2D eigenvalue weighted by molar-refractivity contribution is 7.10. The van der Waals surface area contributed by atoms with Gasteiger partial charge in [0.2, 0.25) is 5.91 Å². The highest BCUT2D eigenvalue weighted by Gasteiger charge is 2.39. The second kappa shape index (κ2) is 4.13. The van der Waals surface area contributed by atoms with Gasteiger partial charge in [-0.3, -0.25) is 4.79 Å². The summed E-state index contributed by atoms with van der Waals surface area (Å²) in [4.78, 5) is 12.7. The number of carbonyl (C=O) groups excluding carboxylic acids is 1. The van der Waals surface area contributed by atoms with Crippen molar-refractivity contribution in [3.63, 3.8) is 0 Å². The van der Waals surface area contributed by atoms with E-state index in [9.17, 15) is 4.79 Å². The fourth-order valence-electron chi connectivity index (χ4n) is 1.68. The van der Waals surface area contributed by atoms with Gasteiger partial charge in [-0.15, -0.1) is 11.3 Å². The van der Waals surface area contributed by atoms with E-state index in [0.29, 0.717) is 18.4 Å². The zero-order valence-electron chi connectivity index (χ0n) is 8.32. The minimum Gasteiger partial charge on any atom is -0.353 e. The van der Waals surface area contributed by atoms with Crippen molar-refractivity contribution in [1.29, 1.82) is 0 Å². The molecular weight excluding hydrogens is 194 g/mol. The van der Waals surface area contributed by atoms with Crippen molar-refractivity contribution in [2.75, 3.05) is 0 Å². The molecule has 0 bridgehead atoms. The third kappa shape index (κ3) is 2.15. The van der Waals surface area contributed by atoms with Gasteiger partial charge in [-0.1, -0.05) is 13.0 Å². The lowest BCUT2D eigenvalue weighted by atomic mass is 10.3. The van der Waals surface area contributed by atoms with E-state index in [1.165, 1.54) is 4.88 Å². The van der Waals surface area contributed by atoms with Gasteiger partial charge in [0.25, 0.3) is 0 Å². The van der Waals surface area contributed by atoms with Crippen LogP contribution in [0.25, 0.3) is 0 Å². The van der Waals surface area contributed by atoms with Crippen molar-refractivity contribution >= 4 is 17.2 Å². The number of thiophene rings is 1. The van der Waals surface area contributed by atoms with Crippen molar-refractivity contribution in [3.05, 3.63) is 22.4 Å². The Kier molecular flexibility index (Phi) is 2.87. The Morgan fingerprint density at radius 1 is 1.71 bits per heavy atom. The zero-order valence-corrected chi connectivity index (χ0v) is 9.14. The first-order chi connectivity index (χ1) is 6.81. The van der Waals surface area contributed by atoms with Crippen LogP contribution in [0.2, 0.25) is 0 Å². The summed E-state index contributed by atoms with van der Waals surface area (Å²) in [6.45, 7) is 2.03. The summed E-state index contributed by atoms with van der Waals surface area (Å²) in [7, 11) is 0. The van der Waals surface area contributed by atoms with E-state index in [1.807, 2.05) is 6.92 Å². The Hall–Kier alpha value is -0.830. The van der Waals surface area contributed by atoms with E-state index in [0.717, 1.165) is 12.8 Å². The average Bonchev–Trinajstić information content (AvgIpc) is 2.72. The first-order valence-electron chi connectivity index (χ1n) is 5.14. The molecule has 0 radical (unpaired) electrons. The molecule has 0 aromatic carbocycles. The molecule has 1 aromatic heterocycles. The Balaban J connectivity index is 1.80. The van der Waals surface area contributed by atoms with E-state index in [2.05, 4.69) is 22.8 Å². The smallest absolute Gasteiger partial charge is 0.220 e. The lowest BCUT2D eigenvalue weighted by Gasteiger charge is -2.01. The molecular formula is C11H15NOS. The molecule has 1 aromatic rings. The summed E-state index contributed by atoms with van der Waals surface area (Å²) < 4.78 is 0. The first-order valence-corrected chi connectivity index (χ1v) is 6.02. The second-order valence-corrected chi connectivity index (χ2v) is 4.76. The maximum Gasteiger partial charge on any atom is 0.220 e. The molecule has 1 saturated carbocycles. The van der Waals surface area contributed by atoms with E-state index in [-0.39, 0.29) is 5.91 Å². The van der Waals surface area contributed by atoms with Crippen LogP contribution in [-0.2, 0) is 4.79 Å². The fourth-order valence-corrected chi connectivity index (χ4v) is 2.58. The molecule has 1 heterocycles. The molecule has 2 nitrogen and oxygen atoms in total. The third-order valence-corrected chi connectivity index (χ3v) is 3.53. The van der Waals surface area contributed by atoms with Crippen molar-refractivity contribution < 1.29 is 4.79 Å². The number of nitrogens with one attached hydrogen (secondary N) is 1. The predicted octanol–water partition coefficient (Wildman–Crippen LogP) is 2.52. The van der Waals surface area contributed by atoms with E-state index >= 15 is 0 Å². The second-order valence-electron chi connectivity index (χ2n) is 3.78. The lowest BCUT2D eigenvalue weighted by Crippen LogP contribution is -2.25. The molecule has 0 aliphatic heterocycles. The Bertz CT molecular complexity index is 307. The van der Waals surface area contributed by atoms with Crippen LogP contribution in [0.15, 0.2) is 17.5 Å². The van der Waals surface area contributed by atoms with Crippen molar-refractivity contribution in [3.8, 4) is 0 Å². The Morgan fingerprint density at radius 3 is 3.21 bits per heavy atom. The first kappa shape index (κ1) is 9.71. The molecule has 1 aliphatic rings. The summed E-state index contributed by atoms with van der Waals surface area (Å²) in [5.41, 5.74) is 0. The number of hydrogen-bond donors (Lipinski definition) is 1. The number of carbonyl (C=O) groups is 1. The third-order valence-electron chi connectivity index (χ3n) is 2.52. The monoisotopic (exact) mass is 209 g/mol. The van der Waals surface area contributed by atoms with E-state index < -0.39 is 0 Å². The molecule has 1 aliphatic carbocycles. The number of amides is 1. The fraction of sp³-hybridized carbons (Fsp3) is 0.545. The SMILES string of the molecule is CCCC(=O)NC1CC1c1cccs1. The summed E-state index contributed by atoms with van der Waals surface area (Å²) in [6.07, 6.45) is 2.71. The van der Waals surface area contributed by atoms with Gasteiger partial charge in [-0.25, -0.2) is 0 Å². The van der Waals surface area contributed by atoms with Gasteiger partial charge >= 0.3 is 0 Å². The molecule has 2 atom stereocenters.